The Kier molecular flexibility index (Phi) is 5.54. The van der Waals surface area contributed by atoms with Gasteiger partial charge in [-0.15, -0.1) is 0 Å². The van der Waals surface area contributed by atoms with Gasteiger partial charge in [-0.1, -0.05) is 0 Å². The summed E-state index contributed by atoms with van der Waals surface area (Å²) in [4.78, 5) is 4.24. The number of nitrogens with one attached hydrogen (secondary N) is 2. The van der Waals surface area contributed by atoms with Gasteiger partial charge in [-0.2, -0.15) is 0 Å². The molecule has 0 atom stereocenters. The van der Waals surface area contributed by atoms with Crippen LogP contribution in [0.15, 0.2) is 24.2 Å². The van der Waals surface area contributed by atoms with Crippen LogP contribution in [0.4, 0.5) is 11.5 Å². The Labute approximate surface area is 125 Å². The van der Waals surface area contributed by atoms with E-state index in [9.17, 15) is 0 Å². The zero-order valence-electron chi connectivity index (χ0n) is 13.0. The first kappa shape index (κ1) is 16.8. The molecule has 0 amide bonds. The van der Waals surface area contributed by atoms with Crippen LogP contribution in [-0.4, -0.2) is 27.8 Å². The predicted molar refractivity (Wildman–Crippen MR) is 87.7 cm³/mol. The highest BCUT2D eigenvalue weighted by molar-refractivity contribution is 6.15. The fourth-order valence-corrected chi connectivity index (χ4v) is 1.64. The van der Waals surface area contributed by atoms with Crippen molar-refractivity contribution in [3.8, 4) is 0 Å². The van der Waals surface area contributed by atoms with E-state index in [-0.39, 0.29) is 23.5 Å². The fourth-order valence-electron chi connectivity index (χ4n) is 1.64. The number of pyridine rings is 1. The van der Waals surface area contributed by atoms with Crippen LogP contribution in [0.2, 0.25) is 0 Å². The quantitative estimate of drug-likeness (QED) is 0.304. The summed E-state index contributed by atoms with van der Waals surface area (Å²) >= 11 is 0. The number of allylic oxidation sites excluding steroid dienone is 1. The molecule has 7 heteroatoms. The Hall–Kier alpha value is -2.28. The van der Waals surface area contributed by atoms with Crippen molar-refractivity contribution in [2.75, 3.05) is 11.1 Å². The van der Waals surface area contributed by atoms with Gasteiger partial charge in [0.2, 0.25) is 0 Å². The lowest BCUT2D eigenvalue weighted by Crippen LogP contribution is -2.34. The zero-order chi connectivity index (χ0) is 16.2. The molecule has 8 N–H and O–H groups in total. The molecule has 116 valence electrons. The molecule has 1 aromatic rings. The average molecular weight is 291 g/mol. The van der Waals surface area contributed by atoms with Crippen molar-refractivity contribution in [3.05, 3.63) is 29.7 Å². The lowest BCUT2D eigenvalue weighted by atomic mass is 10.1. The molecule has 1 rings (SSSR count). The standard InChI is InChI=1S/C14H25N7/c1-8(2)20-14-12(10(15)5-6-19-14)13(17)11(16)7-21(18)9(3)4/h5-9,17H,16,18H2,1-4H3,(H3,15,19,20)/b11-7-,17-13?. The zero-order valence-corrected chi connectivity index (χ0v) is 13.0. The lowest BCUT2D eigenvalue weighted by Gasteiger charge is -2.20. The Morgan fingerprint density at radius 2 is 2.00 bits per heavy atom. The maximum atomic E-state index is 8.26. The molecule has 7 nitrogen and oxygen atoms in total. The first-order chi connectivity index (χ1) is 9.73. The molecular formula is C14H25N7. The lowest BCUT2D eigenvalue weighted by molar-refractivity contribution is 0.321. The van der Waals surface area contributed by atoms with Crippen LogP contribution in [0.25, 0.3) is 0 Å². The Bertz CT molecular complexity index is 534. The predicted octanol–water partition coefficient (Wildman–Crippen LogP) is 1.24. The number of nitrogens with two attached hydrogens (primary N) is 3. The maximum Gasteiger partial charge on any atom is 0.137 e. The summed E-state index contributed by atoms with van der Waals surface area (Å²) < 4.78 is 0. The first-order valence-electron chi connectivity index (χ1n) is 6.84. The molecule has 0 aliphatic carbocycles. The van der Waals surface area contributed by atoms with Gasteiger partial charge in [0.05, 0.1) is 17.0 Å². The maximum absolute atomic E-state index is 8.26. The molecule has 0 spiro atoms. The molecule has 21 heavy (non-hydrogen) atoms. The Balaban J connectivity index is 3.17. The van der Waals surface area contributed by atoms with E-state index in [1.807, 2.05) is 27.7 Å². The van der Waals surface area contributed by atoms with Crippen LogP contribution in [0, 0.1) is 5.41 Å². The van der Waals surface area contributed by atoms with Gasteiger partial charge in [0.15, 0.2) is 0 Å². The molecule has 0 radical (unpaired) electrons. The summed E-state index contributed by atoms with van der Waals surface area (Å²) in [6.07, 6.45) is 3.12. The van der Waals surface area contributed by atoms with E-state index in [0.717, 1.165) is 0 Å². The number of aromatic nitrogens is 1. The molecule has 0 aromatic carbocycles. The highest BCUT2D eigenvalue weighted by Crippen LogP contribution is 2.22. The number of nitrogens with zero attached hydrogens (tertiary/aromatic N) is 2. The Morgan fingerprint density at radius 1 is 1.38 bits per heavy atom. The number of hydrogen-bond acceptors (Lipinski definition) is 7. The van der Waals surface area contributed by atoms with Crippen LogP contribution in [0.1, 0.15) is 33.3 Å². The van der Waals surface area contributed by atoms with Crippen LogP contribution >= 0.6 is 0 Å². The van der Waals surface area contributed by atoms with Crippen LogP contribution in [0.3, 0.4) is 0 Å². The Morgan fingerprint density at radius 3 is 2.52 bits per heavy atom. The van der Waals surface area contributed by atoms with Crippen molar-refractivity contribution in [3.63, 3.8) is 0 Å². The van der Waals surface area contributed by atoms with Crippen molar-refractivity contribution in [2.45, 2.75) is 39.8 Å². The smallest absolute Gasteiger partial charge is 0.137 e. The van der Waals surface area contributed by atoms with Gasteiger partial charge < -0.3 is 21.8 Å². The van der Waals surface area contributed by atoms with Gasteiger partial charge >= 0.3 is 0 Å². The molecule has 1 aromatic heterocycles. The molecule has 1 heterocycles. The fraction of sp³-hybridized carbons (Fsp3) is 0.429. The van der Waals surface area contributed by atoms with Crippen molar-refractivity contribution >= 4 is 17.2 Å². The summed E-state index contributed by atoms with van der Waals surface area (Å²) in [6.45, 7) is 7.82. The van der Waals surface area contributed by atoms with Crippen LogP contribution in [0.5, 0.6) is 0 Å². The van der Waals surface area contributed by atoms with E-state index in [4.69, 9.17) is 22.7 Å². The molecule has 0 saturated carbocycles. The second kappa shape index (κ2) is 6.94. The molecule has 0 unspecified atom stereocenters. The van der Waals surface area contributed by atoms with Gasteiger partial charge in [-0.05, 0) is 33.8 Å². The van der Waals surface area contributed by atoms with Crippen LogP contribution < -0.4 is 22.6 Å². The number of nitrogen functional groups attached to an aromatic ring is 1. The molecule has 0 saturated heterocycles. The third-order valence-electron chi connectivity index (χ3n) is 2.83. The first-order valence-corrected chi connectivity index (χ1v) is 6.84. The third-order valence-corrected chi connectivity index (χ3v) is 2.83. The summed E-state index contributed by atoms with van der Waals surface area (Å²) in [5.74, 6) is 6.35. The number of hydrazine groups is 1. The van der Waals surface area contributed by atoms with Crippen molar-refractivity contribution in [1.29, 1.82) is 5.41 Å². The number of rotatable bonds is 6. The average Bonchev–Trinajstić information content (AvgIpc) is 2.37. The van der Waals surface area contributed by atoms with Gasteiger partial charge in [0.25, 0.3) is 0 Å². The van der Waals surface area contributed by atoms with E-state index in [0.29, 0.717) is 17.1 Å². The normalized spacial score (nSPS) is 11.9. The molecule has 0 aliphatic rings. The second-order valence-corrected chi connectivity index (χ2v) is 5.42. The van der Waals surface area contributed by atoms with E-state index in [1.165, 1.54) is 11.2 Å². The highest BCUT2D eigenvalue weighted by atomic mass is 15.4. The molecular weight excluding hydrogens is 266 g/mol. The van der Waals surface area contributed by atoms with E-state index in [2.05, 4.69) is 10.3 Å². The topological polar surface area (TPSA) is 130 Å². The minimum absolute atomic E-state index is 0.0795. The summed E-state index contributed by atoms with van der Waals surface area (Å²) in [6, 6.07) is 1.89. The summed E-state index contributed by atoms with van der Waals surface area (Å²) in [5.41, 5.74) is 13.2. The van der Waals surface area contributed by atoms with Gasteiger partial charge in [-0.25, -0.2) is 10.8 Å². The molecule has 0 fully saturated rings. The highest BCUT2D eigenvalue weighted by Gasteiger charge is 2.16. The second-order valence-electron chi connectivity index (χ2n) is 5.42. The number of hydrogen-bond donors (Lipinski definition) is 5. The van der Waals surface area contributed by atoms with Crippen molar-refractivity contribution in [2.24, 2.45) is 11.6 Å². The third kappa shape index (κ3) is 4.35. The largest absolute Gasteiger partial charge is 0.398 e. The minimum atomic E-state index is 0.0795. The van der Waals surface area contributed by atoms with Crippen molar-refractivity contribution in [1.82, 2.24) is 9.99 Å². The van der Waals surface area contributed by atoms with Gasteiger partial charge in [-0.3, -0.25) is 5.41 Å². The summed E-state index contributed by atoms with van der Waals surface area (Å²) in [5, 5.41) is 12.9. The minimum Gasteiger partial charge on any atom is -0.398 e. The molecule has 0 bridgehead atoms. The van der Waals surface area contributed by atoms with Crippen molar-refractivity contribution < 1.29 is 0 Å². The monoisotopic (exact) mass is 291 g/mol. The SMILES string of the molecule is CC(C)Nc1nccc(N)c1C(=N)/C(N)=C/N(N)C(C)C. The van der Waals surface area contributed by atoms with E-state index < -0.39 is 0 Å². The molecule has 0 aliphatic heterocycles. The summed E-state index contributed by atoms with van der Waals surface area (Å²) in [7, 11) is 0. The van der Waals surface area contributed by atoms with Gasteiger partial charge in [0, 0.05) is 30.2 Å². The number of anilines is 2. The van der Waals surface area contributed by atoms with Gasteiger partial charge in [0.1, 0.15) is 5.82 Å². The van der Waals surface area contributed by atoms with Crippen LogP contribution in [-0.2, 0) is 0 Å². The van der Waals surface area contributed by atoms with E-state index in [1.54, 1.807) is 12.3 Å². The van der Waals surface area contributed by atoms with E-state index >= 15 is 0 Å².